The zero-order valence-corrected chi connectivity index (χ0v) is 8.40. The van der Waals surface area contributed by atoms with Crippen molar-refractivity contribution in [1.82, 2.24) is 0 Å². The van der Waals surface area contributed by atoms with Crippen molar-refractivity contribution in [2.75, 3.05) is 0 Å². The van der Waals surface area contributed by atoms with Crippen LogP contribution in [0.3, 0.4) is 0 Å². The van der Waals surface area contributed by atoms with Crippen LogP contribution in [0.5, 0.6) is 0 Å². The van der Waals surface area contributed by atoms with Crippen molar-refractivity contribution in [1.29, 1.82) is 0 Å². The lowest BCUT2D eigenvalue weighted by atomic mass is 10.0. The van der Waals surface area contributed by atoms with E-state index >= 15 is 0 Å². The fraction of sp³-hybridized carbons (Fsp3) is 0.222. The highest BCUT2D eigenvalue weighted by Gasteiger charge is 2.09. The van der Waals surface area contributed by atoms with Crippen molar-refractivity contribution in [3.63, 3.8) is 0 Å². The maximum absolute atomic E-state index is 13.0. The number of rotatable bonds is 1. The average Bonchev–Trinajstić information content (AvgIpc) is 2.01. The van der Waals surface area contributed by atoms with E-state index in [1.54, 1.807) is 13.8 Å². The molecule has 0 spiro atoms. The summed E-state index contributed by atoms with van der Waals surface area (Å²) >= 11 is 3.07. The lowest BCUT2D eigenvalue weighted by Crippen LogP contribution is -1.95. The third kappa shape index (κ3) is 1.41. The van der Waals surface area contributed by atoms with Crippen LogP contribution >= 0.6 is 15.9 Å². The standard InChI is InChI=1S/C9H8BrFO/c1-5-3-8(11)9(10)6(2)7(5)4-12/h3-4H,1-2H3. The first-order valence-corrected chi connectivity index (χ1v) is 4.27. The number of aldehydes is 1. The van der Waals surface area contributed by atoms with Gasteiger partial charge >= 0.3 is 0 Å². The van der Waals surface area contributed by atoms with Crippen molar-refractivity contribution in [3.8, 4) is 0 Å². The maximum Gasteiger partial charge on any atom is 0.150 e. The molecule has 0 saturated carbocycles. The fourth-order valence-electron chi connectivity index (χ4n) is 1.11. The SMILES string of the molecule is Cc1cc(F)c(Br)c(C)c1C=O. The molecular formula is C9H8BrFO. The van der Waals surface area contributed by atoms with E-state index < -0.39 is 0 Å². The number of halogens is 2. The highest BCUT2D eigenvalue weighted by molar-refractivity contribution is 9.10. The van der Waals surface area contributed by atoms with Gasteiger partial charge in [0, 0.05) is 5.56 Å². The quantitative estimate of drug-likeness (QED) is 0.679. The molecule has 0 amide bonds. The van der Waals surface area contributed by atoms with Crippen molar-refractivity contribution >= 4 is 22.2 Å². The van der Waals surface area contributed by atoms with Crippen LogP contribution in [0.15, 0.2) is 10.5 Å². The first-order valence-electron chi connectivity index (χ1n) is 3.48. The maximum atomic E-state index is 13.0. The van der Waals surface area contributed by atoms with E-state index in [9.17, 15) is 9.18 Å². The van der Waals surface area contributed by atoms with Gasteiger partial charge in [0.1, 0.15) is 5.82 Å². The molecule has 1 rings (SSSR count). The second-order valence-corrected chi connectivity index (χ2v) is 3.44. The molecule has 3 heteroatoms. The molecule has 1 aromatic carbocycles. The van der Waals surface area contributed by atoms with Gasteiger partial charge in [-0.3, -0.25) is 4.79 Å². The predicted molar refractivity (Wildman–Crippen MR) is 49.0 cm³/mol. The summed E-state index contributed by atoms with van der Waals surface area (Å²) in [6.45, 7) is 3.43. The highest BCUT2D eigenvalue weighted by Crippen LogP contribution is 2.24. The Bertz CT molecular complexity index is 334. The Balaban J connectivity index is 3.51. The summed E-state index contributed by atoms with van der Waals surface area (Å²) in [5, 5.41) is 0. The summed E-state index contributed by atoms with van der Waals surface area (Å²) in [6, 6.07) is 1.35. The molecule has 0 atom stereocenters. The van der Waals surface area contributed by atoms with Crippen molar-refractivity contribution < 1.29 is 9.18 Å². The van der Waals surface area contributed by atoms with E-state index in [0.717, 1.165) is 6.29 Å². The molecule has 0 aliphatic heterocycles. The first-order chi connectivity index (χ1) is 5.57. The van der Waals surface area contributed by atoms with Gasteiger partial charge in [-0.05, 0) is 47.0 Å². The Hall–Kier alpha value is -0.700. The van der Waals surface area contributed by atoms with Crippen LogP contribution in [0.4, 0.5) is 4.39 Å². The van der Waals surface area contributed by atoms with E-state index in [4.69, 9.17) is 0 Å². The van der Waals surface area contributed by atoms with Crippen LogP contribution in [-0.4, -0.2) is 6.29 Å². The molecule has 12 heavy (non-hydrogen) atoms. The first kappa shape index (κ1) is 9.39. The average molecular weight is 231 g/mol. The number of hydrogen-bond donors (Lipinski definition) is 0. The normalized spacial score (nSPS) is 10.0. The molecule has 0 fully saturated rings. The molecule has 0 aliphatic carbocycles. The van der Waals surface area contributed by atoms with Crippen LogP contribution < -0.4 is 0 Å². The van der Waals surface area contributed by atoms with Gasteiger partial charge < -0.3 is 0 Å². The van der Waals surface area contributed by atoms with Crippen LogP contribution in [0.25, 0.3) is 0 Å². The molecule has 0 bridgehead atoms. The molecular weight excluding hydrogens is 223 g/mol. The topological polar surface area (TPSA) is 17.1 Å². The molecule has 0 heterocycles. The highest BCUT2D eigenvalue weighted by atomic mass is 79.9. The van der Waals surface area contributed by atoms with Crippen LogP contribution in [0.2, 0.25) is 0 Å². The van der Waals surface area contributed by atoms with E-state index in [1.807, 2.05) is 0 Å². The van der Waals surface area contributed by atoms with E-state index in [1.165, 1.54) is 6.07 Å². The lowest BCUT2D eigenvalue weighted by molar-refractivity contribution is 0.112. The summed E-state index contributed by atoms with van der Waals surface area (Å²) in [5.74, 6) is -0.324. The molecule has 0 unspecified atom stereocenters. The van der Waals surface area contributed by atoms with Gasteiger partial charge in [-0.15, -0.1) is 0 Å². The minimum Gasteiger partial charge on any atom is -0.298 e. The monoisotopic (exact) mass is 230 g/mol. The predicted octanol–water partition coefficient (Wildman–Crippen LogP) is 3.02. The largest absolute Gasteiger partial charge is 0.298 e. The zero-order valence-electron chi connectivity index (χ0n) is 6.82. The van der Waals surface area contributed by atoms with E-state index in [0.29, 0.717) is 21.2 Å². The Morgan fingerprint density at radius 2 is 2.08 bits per heavy atom. The third-order valence-corrected chi connectivity index (χ3v) is 2.80. The van der Waals surface area contributed by atoms with Crippen molar-refractivity contribution in [2.45, 2.75) is 13.8 Å². The lowest BCUT2D eigenvalue weighted by Gasteiger charge is -2.05. The van der Waals surface area contributed by atoms with Gasteiger partial charge in [0.05, 0.1) is 4.47 Å². The third-order valence-electron chi connectivity index (χ3n) is 1.83. The van der Waals surface area contributed by atoms with Gasteiger partial charge in [0.2, 0.25) is 0 Å². The summed E-state index contributed by atoms with van der Waals surface area (Å²) in [7, 11) is 0. The summed E-state index contributed by atoms with van der Waals surface area (Å²) in [5.41, 5.74) is 1.88. The summed E-state index contributed by atoms with van der Waals surface area (Å²) < 4.78 is 13.4. The van der Waals surface area contributed by atoms with Gasteiger partial charge in [0.15, 0.2) is 6.29 Å². The van der Waals surface area contributed by atoms with Gasteiger partial charge in [-0.1, -0.05) is 0 Å². The number of carbonyl (C=O) groups is 1. The molecule has 0 radical (unpaired) electrons. The number of carbonyl (C=O) groups excluding carboxylic acids is 1. The number of hydrogen-bond acceptors (Lipinski definition) is 1. The second-order valence-electron chi connectivity index (χ2n) is 2.65. The van der Waals surface area contributed by atoms with Crippen LogP contribution in [0, 0.1) is 19.7 Å². The molecule has 0 aromatic heterocycles. The van der Waals surface area contributed by atoms with Gasteiger partial charge in [0.25, 0.3) is 0 Å². The molecule has 0 saturated heterocycles. The smallest absolute Gasteiger partial charge is 0.150 e. The minimum absolute atomic E-state index is 0.324. The zero-order chi connectivity index (χ0) is 9.30. The van der Waals surface area contributed by atoms with Crippen molar-refractivity contribution in [3.05, 3.63) is 33.0 Å². The van der Waals surface area contributed by atoms with E-state index in [2.05, 4.69) is 15.9 Å². The second kappa shape index (κ2) is 3.35. The number of aryl methyl sites for hydroxylation is 1. The van der Waals surface area contributed by atoms with Crippen LogP contribution in [-0.2, 0) is 0 Å². The van der Waals surface area contributed by atoms with Crippen LogP contribution in [0.1, 0.15) is 21.5 Å². The molecule has 1 aromatic rings. The van der Waals surface area contributed by atoms with Gasteiger partial charge in [-0.2, -0.15) is 0 Å². The van der Waals surface area contributed by atoms with Crippen molar-refractivity contribution in [2.24, 2.45) is 0 Å². The molecule has 64 valence electrons. The molecule has 0 N–H and O–H groups in total. The Labute approximate surface area is 78.7 Å². The Morgan fingerprint density at radius 1 is 1.50 bits per heavy atom. The Morgan fingerprint density at radius 3 is 2.58 bits per heavy atom. The number of benzene rings is 1. The molecule has 0 aliphatic rings. The Kier molecular flexibility index (Phi) is 2.62. The van der Waals surface area contributed by atoms with Gasteiger partial charge in [-0.25, -0.2) is 4.39 Å². The minimum atomic E-state index is -0.324. The molecule has 1 nitrogen and oxygen atoms in total. The summed E-state index contributed by atoms with van der Waals surface area (Å²) in [4.78, 5) is 10.6. The van der Waals surface area contributed by atoms with E-state index in [-0.39, 0.29) is 5.82 Å². The summed E-state index contributed by atoms with van der Waals surface area (Å²) in [6.07, 6.45) is 0.745. The fourth-order valence-corrected chi connectivity index (χ4v) is 1.43.